The van der Waals surface area contributed by atoms with Crippen molar-refractivity contribution in [3.8, 4) is 0 Å². The van der Waals surface area contributed by atoms with Gasteiger partial charge in [0.25, 0.3) is 0 Å². The van der Waals surface area contributed by atoms with Crippen LogP contribution in [0.15, 0.2) is 0 Å². The molecule has 1 saturated carbocycles. The molecule has 2 aliphatic rings. The molecule has 3 nitrogen and oxygen atoms in total. The maximum atomic E-state index is 6.25. The summed E-state index contributed by atoms with van der Waals surface area (Å²) in [7, 11) is 0. The van der Waals surface area contributed by atoms with Gasteiger partial charge in [0.2, 0.25) is 0 Å². The number of morpholine rings is 1. The quantitative estimate of drug-likeness (QED) is 0.692. The molecule has 0 aromatic rings. The lowest BCUT2D eigenvalue weighted by Gasteiger charge is -2.29. The number of nitrogens with two attached hydrogens (primary N) is 1. The van der Waals surface area contributed by atoms with Crippen LogP contribution in [0.25, 0.3) is 0 Å². The van der Waals surface area contributed by atoms with E-state index in [-0.39, 0.29) is 5.54 Å². The zero-order valence-electron chi connectivity index (χ0n) is 8.46. The second-order valence-corrected chi connectivity index (χ2v) is 4.43. The van der Waals surface area contributed by atoms with E-state index in [9.17, 15) is 0 Å². The molecule has 0 aromatic heterocycles. The van der Waals surface area contributed by atoms with Crippen LogP contribution < -0.4 is 5.73 Å². The summed E-state index contributed by atoms with van der Waals surface area (Å²) in [6.07, 6.45) is 2.46. The molecule has 2 N–H and O–H groups in total. The molecular formula is C10H20N2O. The fourth-order valence-electron chi connectivity index (χ4n) is 2.32. The van der Waals surface area contributed by atoms with Crippen LogP contribution in [0.2, 0.25) is 0 Å². The van der Waals surface area contributed by atoms with Crippen molar-refractivity contribution in [2.24, 2.45) is 11.7 Å². The van der Waals surface area contributed by atoms with E-state index in [1.54, 1.807) is 0 Å². The third kappa shape index (κ3) is 2.03. The fraction of sp³-hybridized carbons (Fsp3) is 1.00. The summed E-state index contributed by atoms with van der Waals surface area (Å²) in [4.78, 5) is 2.44. The number of nitrogens with zero attached hydrogens (tertiary/aromatic N) is 1. The molecular weight excluding hydrogens is 164 g/mol. The minimum absolute atomic E-state index is 0.145. The first-order chi connectivity index (χ1) is 6.24. The Morgan fingerprint density at radius 2 is 2.15 bits per heavy atom. The van der Waals surface area contributed by atoms with Crippen LogP contribution in [0.1, 0.15) is 19.8 Å². The van der Waals surface area contributed by atoms with Crippen molar-refractivity contribution < 1.29 is 4.74 Å². The molecule has 1 heterocycles. The van der Waals surface area contributed by atoms with Gasteiger partial charge in [-0.05, 0) is 12.3 Å². The largest absolute Gasteiger partial charge is 0.379 e. The predicted octanol–water partition coefficient (Wildman–Crippen LogP) is 0.446. The maximum Gasteiger partial charge on any atom is 0.0594 e. The van der Waals surface area contributed by atoms with Crippen molar-refractivity contribution in [2.75, 3.05) is 32.8 Å². The Kier molecular flexibility index (Phi) is 2.58. The van der Waals surface area contributed by atoms with Gasteiger partial charge in [0.05, 0.1) is 13.2 Å². The van der Waals surface area contributed by atoms with Crippen molar-refractivity contribution in [1.29, 1.82) is 0 Å². The van der Waals surface area contributed by atoms with Gasteiger partial charge in [-0.3, -0.25) is 4.90 Å². The average Bonchev–Trinajstić information content (AvgIpc) is 2.78. The van der Waals surface area contributed by atoms with Crippen LogP contribution in [-0.2, 0) is 4.74 Å². The minimum atomic E-state index is 0.145. The van der Waals surface area contributed by atoms with Gasteiger partial charge in [-0.1, -0.05) is 13.3 Å². The van der Waals surface area contributed by atoms with E-state index in [2.05, 4.69) is 11.8 Å². The lowest BCUT2D eigenvalue weighted by atomic mass is 10.1. The van der Waals surface area contributed by atoms with E-state index in [0.717, 1.165) is 38.8 Å². The SMILES string of the molecule is CCC1CC1(N)CN1CCOCC1. The van der Waals surface area contributed by atoms with Crippen LogP contribution in [0.3, 0.4) is 0 Å². The number of rotatable bonds is 3. The number of hydrogen-bond donors (Lipinski definition) is 1. The van der Waals surface area contributed by atoms with E-state index in [1.165, 1.54) is 12.8 Å². The molecule has 1 saturated heterocycles. The van der Waals surface area contributed by atoms with Crippen molar-refractivity contribution in [3.05, 3.63) is 0 Å². The molecule has 0 amide bonds. The summed E-state index contributed by atoms with van der Waals surface area (Å²) in [6.45, 7) is 7.21. The number of hydrogen-bond acceptors (Lipinski definition) is 3. The summed E-state index contributed by atoms with van der Waals surface area (Å²) >= 11 is 0. The second-order valence-electron chi connectivity index (χ2n) is 4.43. The summed E-state index contributed by atoms with van der Waals surface area (Å²) in [5, 5.41) is 0. The molecule has 2 atom stereocenters. The first kappa shape index (κ1) is 9.44. The maximum absolute atomic E-state index is 6.25. The first-order valence-electron chi connectivity index (χ1n) is 5.33. The highest BCUT2D eigenvalue weighted by Crippen LogP contribution is 2.43. The zero-order valence-corrected chi connectivity index (χ0v) is 8.46. The zero-order chi connectivity index (χ0) is 9.31. The summed E-state index contributed by atoms with van der Waals surface area (Å²) in [6, 6.07) is 0. The third-order valence-corrected chi connectivity index (χ3v) is 3.39. The Bertz CT molecular complexity index is 180. The third-order valence-electron chi connectivity index (χ3n) is 3.39. The van der Waals surface area contributed by atoms with E-state index < -0.39 is 0 Å². The highest BCUT2D eigenvalue weighted by atomic mass is 16.5. The van der Waals surface area contributed by atoms with Gasteiger partial charge < -0.3 is 10.5 Å². The monoisotopic (exact) mass is 184 g/mol. The highest BCUT2D eigenvalue weighted by molar-refractivity contribution is 5.08. The minimum Gasteiger partial charge on any atom is -0.379 e. The lowest BCUT2D eigenvalue weighted by molar-refractivity contribution is 0.0332. The highest BCUT2D eigenvalue weighted by Gasteiger charge is 2.50. The molecule has 1 aliphatic heterocycles. The van der Waals surface area contributed by atoms with Crippen LogP contribution in [-0.4, -0.2) is 43.3 Å². The van der Waals surface area contributed by atoms with Crippen molar-refractivity contribution in [2.45, 2.75) is 25.3 Å². The molecule has 2 unspecified atom stereocenters. The standard InChI is InChI=1S/C10H20N2O/c1-2-9-7-10(9,11)8-12-3-5-13-6-4-12/h9H,2-8,11H2,1H3. The van der Waals surface area contributed by atoms with Crippen LogP contribution in [0.4, 0.5) is 0 Å². The molecule has 2 fully saturated rings. The van der Waals surface area contributed by atoms with Gasteiger partial charge in [-0.15, -0.1) is 0 Å². The van der Waals surface area contributed by atoms with E-state index >= 15 is 0 Å². The van der Waals surface area contributed by atoms with E-state index in [4.69, 9.17) is 10.5 Å². The second kappa shape index (κ2) is 3.56. The van der Waals surface area contributed by atoms with E-state index in [0.29, 0.717) is 0 Å². The van der Waals surface area contributed by atoms with Gasteiger partial charge in [0.15, 0.2) is 0 Å². The fourth-order valence-corrected chi connectivity index (χ4v) is 2.32. The molecule has 1 aliphatic carbocycles. The predicted molar refractivity (Wildman–Crippen MR) is 52.6 cm³/mol. The van der Waals surface area contributed by atoms with Crippen LogP contribution in [0.5, 0.6) is 0 Å². The molecule has 0 aromatic carbocycles. The van der Waals surface area contributed by atoms with Gasteiger partial charge in [0, 0.05) is 25.2 Å². The Labute approximate surface area is 80.2 Å². The molecule has 0 bridgehead atoms. The van der Waals surface area contributed by atoms with Crippen molar-refractivity contribution in [1.82, 2.24) is 4.90 Å². The van der Waals surface area contributed by atoms with Gasteiger partial charge in [-0.25, -0.2) is 0 Å². The molecule has 3 heteroatoms. The topological polar surface area (TPSA) is 38.5 Å². The Morgan fingerprint density at radius 1 is 1.46 bits per heavy atom. The van der Waals surface area contributed by atoms with Crippen molar-refractivity contribution >= 4 is 0 Å². The molecule has 76 valence electrons. The summed E-state index contributed by atoms with van der Waals surface area (Å²) < 4.78 is 5.31. The van der Waals surface area contributed by atoms with Crippen LogP contribution >= 0.6 is 0 Å². The lowest BCUT2D eigenvalue weighted by Crippen LogP contribution is -2.45. The van der Waals surface area contributed by atoms with Gasteiger partial charge >= 0.3 is 0 Å². The molecule has 0 spiro atoms. The molecule has 2 rings (SSSR count). The van der Waals surface area contributed by atoms with Gasteiger partial charge in [-0.2, -0.15) is 0 Å². The van der Waals surface area contributed by atoms with Crippen LogP contribution in [0, 0.1) is 5.92 Å². The summed E-state index contributed by atoms with van der Waals surface area (Å²) in [5.41, 5.74) is 6.39. The molecule has 0 radical (unpaired) electrons. The normalized spacial score (nSPS) is 40.6. The Morgan fingerprint density at radius 3 is 2.69 bits per heavy atom. The Balaban J connectivity index is 1.77. The van der Waals surface area contributed by atoms with Gasteiger partial charge in [0.1, 0.15) is 0 Å². The van der Waals surface area contributed by atoms with Crippen molar-refractivity contribution in [3.63, 3.8) is 0 Å². The Hall–Kier alpha value is -0.120. The number of ether oxygens (including phenoxy) is 1. The summed E-state index contributed by atoms with van der Waals surface area (Å²) in [5.74, 6) is 0.773. The molecule has 13 heavy (non-hydrogen) atoms. The average molecular weight is 184 g/mol. The smallest absolute Gasteiger partial charge is 0.0594 e. The van der Waals surface area contributed by atoms with E-state index in [1.807, 2.05) is 0 Å². The first-order valence-corrected chi connectivity index (χ1v) is 5.33.